The molecule has 61 heavy (non-hydrogen) atoms. The molecule has 2 aliphatic rings. The molecule has 0 saturated carbocycles. The summed E-state index contributed by atoms with van der Waals surface area (Å²) in [7, 11) is 0. The Bertz CT molecular complexity index is 3340. The van der Waals surface area contributed by atoms with Gasteiger partial charge in [-0.15, -0.1) is 0 Å². The molecule has 9 aromatic carbocycles. The van der Waals surface area contributed by atoms with E-state index in [0.717, 1.165) is 46.3 Å². The number of benzene rings is 9. The van der Waals surface area contributed by atoms with Gasteiger partial charge in [-0.1, -0.05) is 164 Å². The Morgan fingerprint density at radius 3 is 1.75 bits per heavy atom. The summed E-state index contributed by atoms with van der Waals surface area (Å²) in [6, 6.07) is 70.6. The molecular formula is C57H40N4. The number of allylic oxidation sites excluding steroid dienone is 3. The fraction of sp³-hybridized carbons (Fsp3) is 0.0351. The molecule has 2 heterocycles. The average molecular weight is 781 g/mol. The smallest absolute Gasteiger partial charge is 0.145 e. The quantitative estimate of drug-likeness (QED) is 0.171. The number of nitrogens with zero attached hydrogens (tertiary/aromatic N) is 3. The Labute approximate surface area is 355 Å². The second-order valence-corrected chi connectivity index (χ2v) is 15.9. The first-order chi connectivity index (χ1) is 30.3. The topological polar surface area (TPSA) is 33.1 Å². The minimum Gasteiger partial charge on any atom is -0.359 e. The molecule has 0 saturated heterocycles. The van der Waals surface area contributed by atoms with Crippen molar-refractivity contribution < 1.29 is 0 Å². The SMILES string of the molecule is C1=CCc2nc(-c3ccccc3)n(-c3ccc(-c4cc5cc(-c6ccc(N7c8ccccc8NC7c7ccccc7)cc6)c6ccccc6c5c5ccccc45)cc3)c2C=C1. The third kappa shape index (κ3) is 5.87. The van der Waals surface area contributed by atoms with Crippen LogP contribution in [0.3, 0.4) is 0 Å². The van der Waals surface area contributed by atoms with Crippen molar-refractivity contribution in [2.75, 3.05) is 10.2 Å². The number of hydrogen-bond acceptors (Lipinski definition) is 3. The Morgan fingerprint density at radius 1 is 0.508 bits per heavy atom. The highest BCUT2D eigenvalue weighted by Gasteiger charge is 2.31. The first-order valence-electron chi connectivity index (χ1n) is 21.1. The van der Waals surface area contributed by atoms with Gasteiger partial charge in [-0.3, -0.25) is 4.57 Å². The Hall–Kier alpha value is -7.95. The molecule has 1 N–H and O–H groups in total. The molecule has 4 nitrogen and oxygen atoms in total. The lowest BCUT2D eigenvalue weighted by Gasteiger charge is -2.27. The normalized spacial score (nSPS) is 14.3. The van der Waals surface area contributed by atoms with Crippen molar-refractivity contribution in [3.05, 3.63) is 229 Å². The fourth-order valence-corrected chi connectivity index (χ4v) is 9.61. The van der Waals surface area contributed by atoms with Crippen LogP contribution in [-0.4, -0.2) is 9.55 Å². The van der Waals surface area contributed by atoms with E-state index in [1.807, 2.05) is 0 Å². The lowest BCUT2D eigenvalue weighted by atomic mass is 9.87. The van der Waals surface area contributed by atoms with Gasteiger partial charge in [0.05, 0.1) is 22.8 Å². The Morgan fingerprint density at radius 2 is 1.08 bits per heavy atom. The molecule has 4 heteroatoms. The highest BCUT2D eigenvalue weighted by molar-refractivity contribution is 6.25. The van der Waals surface area contributed by atoms with Gasteiger partial charge in [-0.25, -0.2) is 4.98 Å². The van der Waals surface area contributed by atoms with Gasteiger partial charge in [0.2, 0.25) is 0 Å². The maximum atomic E-state index is 5.18. The number of imidazole rings is 1. The number of hydrogen-bond donors (Lipinski definition) is 1. The van der Waals surface area contributed by atoms with Gasteiger partial charge >= 0.3 is 0 Å². The molecule has 0 amide bonds. The number of para-hydroxylation sites is 2. The van der Waals surface area contributed by atoms with Crippen LogP contribution in [0.5, 0.6) is 0 Å². The highest BCUT2D eigenvalue weighted by atomic mass is 15.3. The van der Waals surface area contributed by atoms with Crippen LogP contribution in [0.2, 0.25) is 0 Å². The van der Waals surface area contributed by atoms with E-state index < -0.39 is 0 Å². The molecule has 1 aliphatic carbocycles. The van der Waals surface area contributed by atoms with Crippen molar-refractivity contribution >= 4 is 55.5 Å². The molecule has 0 fully saturated rings. The van der Waals surface area contributed by atoms with Crippen molar-refractivity contribution in [2.45, 2.75) is 12.6 Å². The lowest BCUT2D eigenvalue weighted by Crippen LogP contribution is -2.23. The van der Waals surface area contributed by atoms with Crippen molar-refractivity contribution in [1.29, 1.82) is 0 Å². The largest absolute Gasteiger partial charge is 0.359 e. The summed E-state index contributed by atoms with van der Waals surface area (Å²) < 4.78 is 2.31. The van der Waals surface area contributed by atoms with E-state index in [1.165, 1.54) is 65.8 Å². The van der Waals surface area contributed by atoms with Crippen LogP contribution in [0.25, 0.3) is 77.7 Å². The first kappa shape index (κ1) is 35.0. The van der Waals surface area contributed by atoms with Gasteiger partial charge in [0.15, 0.2) is 0 Å². The second kappa shape index (κ2) is 14.4. The van der Waals surface area contributed by atoms with E-state index in [0.29, 0.717) is 0 Å². The van der Waals surface area contributed by atoms with Gasteiger partial charge in [-0.2, -0.15) is 0 Å². The molecule has 0 radical (unpaired) electrons. The Kier molecular flexibility index (Phi) is 8.27. The van der Waals surface area contributed by atoms with Crippen molar-refractivity contribution in [1.82, 2.24) is 9.55 Å². The van der Waals surface area contributed by atoms with Crippen LogP contribution in [0.4, 0.5) is 17.1 Å². The second-order valence-electron chi connectivity index (χ2n) is 15.9. The molecule has 1 atom stereocenters. The molecule has 12 rings (SSSR count). The summed E-state index contributed by atoms with van der Waals surface area (Å²) in [6.07, 6.45) is 9.39. The predicted molar refractivity (Wildman–Crippen MR) is 256 cm³/mol. The van der Waals surface area contributed by atoms with Gasteiger partial charge in [0.25, 0.3) is 0 Å². The summed E-state index contributed by atoms with van der Waals surface area (Å²) in [5.41, 5.74) is 13.9. The first-order valence-corrected chi connectivity index (χ1v) is 21.1. The summed E-state index contributed by atoms with van der Waals surface area (Å²) in [5, 5.41) is 11.3. The predicted octanol–water partition coefficient (Wildman–Crippen LogP) is 14.7. The number of anilines is 3. The average Bonchev–Trinajstić information content (AvgIpc) is 3.81. The number of fused-ring (bicyclic) bond motifs is 7. The fourth-order valence-electron chi connectivity index (χ4n) is 9.61. The standard InChI is InChI=1S/C57H40N4/c1-4-16-40(17-5-1)56-58-51-24-8-3-9-26-53(51)60(56)43-32-28-38(29-33-43)49-36-42-37-50(46-21-11-13-23-48(46)55(42)47-22-12-10-20-45(47)49)39-30-34-44(35-31-39)61-54-27-15-14-25-52(54)59-57(61)41-18-6-2-7-19-41/h1-23,25-37,57,59H,24H2. The maximum absolute atomic E-state index is 5.18. The van der Waals surface area contributed by atoms with E-state index in [4.69, 9.17) is 4.98 Å². The van der Waals surface area contributed by atoms with Gasteiger partial charge in [-0.05, 0) is 115 Å². The van der Waals surface area contributed by atoms with E-state index in [2.05, 4.69) is 233 Å². The Balaban J connectivity index is 0.977. The molecule has 0 bridgehead atoms. The third-order valence-corrected chi connectivity index (χ3v) is 12.4. The van der Waals surface area contributed by atoms with E-state index in [1.54, 1.807) is 0 Å². The van der Waals surface area contributed by atoms with Crippen molar-refractivity contribution in [3.8, 4) is 39.3 Å². The maximum Gasteiger partial charge on any atom is 0.145 e. The molecule has 1 unspecified atom stereocenters. The van der Waals surface area contributed by atoms with E-state index >= 15 is 0 Å². The van der Waals surface area contributed by atoms with E-state index in [-0.39, 0.29) is 6.17 Å². The van der Waals surface area contributed by atoms with Crippen LogP contribution < -0.4 is 10.2 Å². The zero-order valence-corrected chi connectivity index (χ0v) is 33.4. The number of aromatic nitrogens is 2. The van der Waals surface area contributed by atoms with Gasteiger partial charge in [0, 0.05) is 23.4 Å². The minimum absolute atomic E-state index is 0.00150. The molecule has 10 aromatic rings. The number of rotatable bonds is 6. The molecule has 0 spiro atoms. The van der Waals surface area contributed by atoms with Crippen LogP contribution >= 0.6 is 0 Å². The zero-order chi connectivity index (χ0) is 40.3. The van der Waals surface area contributed by atoms with Crippen LogP contribution in [0.15, 0.2) is 212 Å². The van der Waals surface area contributed by atoms with Crippen LogP contribution in [-0.2, 0) is 6.42 Å². The highest BCUT2D eigenvalue weighted by Crippen LogP contribution is 2.47. The zero-order valence-electron chi connectivity index (χ0n) is 33.4. The summed E-state index contributed by atoms with van der Waals surface area (Å²) in [6.45, 7) is 0. The summed E-state index contributed by atoms with van der Waals surface area (Å²) in [4.78, 5) is 7.59. The molecule has 288 valence electrons. The van der Waals surface area contributed by atoms with Crippen molar-refractivity contribution in [3.63, 3.8) is 0 Å². The van der Waals surface area contributed by atoms with E-state index in [9.17, 15) is 0 Å². The summed E-state index contributed by atoms with van der Waals surface area (Å²) in [5.74, 6) is 0.958. The molecular weight excluding hydrogens is 741 g/mol. The minimum atomic E-state index is 0.00150. The van der Waals surface area contributed by atoms with Crippen molar-refractivity contribution in [2.24, 2.45) is 0 Å². The summed E-state index contributed by atoms with van der Waals surface area (Å²) >= 11 is 0. The van der Waals surface area contributed by atoms with Gasteiger partial charge < -0.3 is 10.2 Å². The van der Waals surface area contributed by atoms with Crippen LogP contribution in [0.1, 0.15) is 23.1 Å². The lowest BCUT2D eigenvalue weighted by molar-refractivity contribution is 0.828. The van der Waals surface area contributed by atoms with Gasteiger partial charge in [0.1, 0.15) is 12.0 Å². The van der Waals surface area contributed by atoms with Crippen LogP contribution in [0, 0.1) is 0 Å². The monoisotopic (exact) mass is 780 g/mol. The number of nitrogens with one attached hydrogen (secondary N) is 1. The molecule has 1 aromatic heterocycles. The third-order valence-electron chi connectivity index (χ3n) is 12.4. The molecule has 1 aliphatic heterocycles.